The fraction of sp³-hybridized carbons (Fsp3) is 0.714. The van der Waals surface area contributed by atoms with Crippen molar-refractivity contribution < 1.29 is 14.4 Å². The van der Waals surface area contributed by atoms with E-state index in [4.69, 9.17) is 4.84 Å². The molecular weight excluding hydrogens is 146 g/mol. The van der Waals surface area contributed by atoms with Crippen LogP contribution in [0, 0.1) is 0 Å². The van der Waals surface area contributed by atoms with Gasteiger partial charge < -0.3 is 0 Å². The van der Waals surface area contributed by atoms with E-state index in [1.807, 2.05) is 6.92 Å². The number of likely N-dealkylation sites (N-methyl/N-ethyl adjacent to an activating group) is 1. The number of hydroxylamine groups is 2. The molecular formula is C7H11NO3. The number of nitrogens with zero attached hydrogens (tertiary/aromatic N) is 1. The second-order valence-electron chi connectivity index (χ2n) is 2.37. The van der Waals surface area contributed by atoms with Gasteiger partial charge in [-0.15, -0.1) is 0 Å². The number of amides is 1. The highest BCUT2D eigenvalue weighted by Crippen LogP contribution is 2.13. The van der Waals surface area contributed by atoms with E-state index >= 15 is 0 Å². The monoisotopic (exact) mass is 157 g/mol. The lowest BCUT2D eigenvalue weighted by Crippen LogP contribution is -2.25. The lowest BCUT2D eigenvalue weighted by molar-refractivity contribution is -0.171. The fourth-order valence-corrected chi connectivity index (χ4v) is 0.988. The van der Waals surface area contributed by atoms with E-state index in [1.165, 1.54) is 0 Å². The van der Waals surface area contributed by atoms with Crippen LogP contribution in [0.5, 0.6) is 0 Å². The van der Waals surface area contributed by atoms with Gasteiger partial charge in [-0.2, -0.15) is 0 Å². The number of carbonyl (C=O) groups excluding carboxylic acids is 2. The van der Waals surface area contributed by atoms with Crippen molar-refractivity contribution >= 4 is 11.7 Å². The highest BCUT2D eigenvalue weighted by molar-refractivity contribution is 6.38. The normalized spacial score (nSPS) is 24.9. The predicted octanol–water partition coefficient (Wildman–Crippen LogP) is 0.128. The van der Waals surface area contributed by atoms with E-state index < -0.39 is 17.8 Å². The van der Waals surface area contributed by atoms with Gasteiger partial charge in [-0.3, -0.25) is 14.4 Å². The quantitative estimate of drug-likeness (QED) is 0.535. The third-order valence-electron chi connectivity index (χ3n) is 1.64. The molecule has 0 radical (unpaired) electrons. The van der Waals surface area contributed by atoms with E-state index in [0.717, 1.165) is 5.06 Å². The highest BCUT2D eigenvalue weighted by Gasteiger charge is 2.38. The van der Waals surface area contributed by atoms with Crippen molar-refractivity contribution in [2.45, 2.75) is 26.4 Å². The van der Waals surface area contributed by atoms with Gasteiger partial charge in [0.2, 0.25) is 0 Å². The molecule has 1 aliphatic rings. The maximum atomic E-state index is 11.0. The van der Waals surface area contributed by atoms with Gasteiger partial charge in [-0.25, -0.2) is 5.06 Å². The molecule has 0 saturated carbocycles. The van der Waals surface area contributed by atoms with Crippen LogP contribution >= 0.6 is 0 Å². The molecule has 4 heteroatoms. The first kappa shape index (κ1) is 8.20. The molecule has 0 bridgehead atoms. The SMILES string of the molecule is CCC1ON(CC)C(=O)C1=O. The first-order valence-electron chi connectivity index (χ1n) is 3.73. The van der Waals surface area contributed by atoms with E-state index in [2.05, 4.69) is 0 Å². The van der Waals surface area contributed by atoms with Gasteiger partial charge in [0.15, 0.2) is 6.10 Å². The molecule has 62 valence electrons. The molecule has 1 rings (SSSR count). The average Bonchev–Trinajstić information content (AvgIpc) is 2.30. The standard InChI is InChI=1S/C7H11NO3/c1-3-5-6(9)7(10)8(4-2)11-5/h5H,3-4H2,1-2H3. The predicted molar refractivity (Wildman–Crippen MR) is 37.6 cm³/mol. The molecule has 0 aromatic rings. The van der Waals surface area contributed by atoms with Gasteiger partial charge in [0.1, 0.15) is 0 Å². The van der Waals surface area contributed by atoms with Crippen molar-refractivity contribution in [3.63, 3.8) is 0 Å². The molecule has 1 heterocycles. The molecule has 1 amide bonds. The number of Topliss-reactive ketones (excluding diaryl/α,β-unsaturated/α-hetero) is 1. The van der Waals surface area contributed by atoms with Crippen molar-refractivity contribution in [1.82, 2.24) is 5.06 Å². The van der Waals surface area contributed by atoms with Crippen LogP contribution in [0.4, 0.5) is 0 Å². The van der Waals surface area contributed by atoms with Crippen molar-refractivity contribution in [1.29, 1.82) is 0 Å². The van der Waals surface area contributed by atoms with E-state index in [0.29, 0.717) is 13.0 Å². The summed E-state index contributed by atoms with van der Waals surface area (Å²) in [5.41, 5.74) is 0. The van der Waals surface area contributed by atoms with E-state index in [-0.39, 0.29) is 0 Å². The summed E-state index contributed by atoms with van der Waals surface area (Å²) in [5.74, 6) is -0.936. The summed E-state index contributed by atoms with van der Waals surface area (Å²) in [4.78, 5) is 27.0. The van der Waals surface area contributed by atoms with Gasteiger partial charge in [0.25, 0.3) is 5.78 Å². The Morgan fingerprint density at radius 2 is 2.09 bits per heavy atom. The van der Waals surface area contributed by atoms with Crippen molar-refractivity contribution in [2.75, 3.05) is 6.54 Å². The number of hydrogen-bond donors (Lipinski definition) is 0. The van der Waals surface area contributed by atoms with Crippen LogP contribution in [-0.4, -0.2) is 29.4 Å². The Bertz CT molecular complexity index is 170. The number of rotatable bonds is 2. The van der Waals surface area contributed by atoms with Crippen molar-refractivity contribution in [3.05, 3.63) is 0 Å². The average molecular weight is 157 g/mol. The Morgan fingerprint density at radius 3 is 2.36 bits per heavy atom. The van der Waals surface area contributed by atoms with Gasteiger partial charge in [0, 0.05) is 6.54 Å². The van der Waals surface area contributed by atoms with Crippen LogP contribution in [-0.2, 0) is 14.4 Å². The minimum absolute atomic E-state index is 0.422. The summed E-state index contributed by atoms with van der Waals surface area (Å²) in [6.45, 7) is 4.01. The molecule has 0 N–H and O–H groups in total. The highest BCUT2D eigenvalue weighted by atomic mass is 16.7. The van der Waals surface area contributed by atoms with Gasteiger partial charge in [0.05, 0.1) is 0 Å². The third kappa shape index (κ3) is 1.26. The van der Waals surface area contributed by atoms with Crippen LogP contribution in [0.3, 0.4) is 0 Å². The molecule has 1 fully saturated rings. The molecule has 11 heavy (non-hydrogen) atoms. The van der Waals surface area contributed by atoms with Crippen molar-refractivity contribution in [2.24, 2.45) is 0 Å². The Morgan fingerprint density at radius 1 is 1.45 bits per heavy atom. The molecule has 1 unspecified atom stereocenters. The van der Waals surface area contributed by atoms with Crippen LogP contribution < -0.4 is 0 Å². The zero-order valence-corrected chi connectivity index (χ0v) is 6.66. The minimum Gasteiger partial charge on any atom is -0.286 e. The second-order valence-corrected chi connectivity index (χ2v) is 2.37. The first-order valence-corrected chi connectivity index (χ1v) is 3.73. The van der Waals surface area contributed by atoms with Crippen LogP contribution in [0.15, 0.2) is 0 Å². The van der Waals surface area contributed by atoms with Crippen LogP contribution in [0.1, 0.15) is 20.3 Å². The number of hydrogen-bond acceptors (Lipinski definition) is 3. The van der Waals surface area contributed by atoms with Crippen LogP contribution in [0.25, 0.3) is 0 Å². The molecule has 1 atom stereocenters. The Labute approximate surface area is 65.1 Å². The number of ketones is 1. The summed E-state index contributed by atoms with van der Waals surface area (Å²) in [5, 5.41) is 1.11. The lowest BCUT2D eigenvalue weighted by atomic mass is 10.2. The lowest BCUT2D eigenvalue weighted by Gasteiger charge is -2.10. The third-order valence-corrected chi connectivity index (χ3v) is 1.64. The van der Waals surface area contributed by atoms with Crippen LogP contribution in [0.2, 0.25) is 0 Å². The van der Waals surface area contributed by atoms with E-state index in [1.54, 1.807) is 6.92 Å². The summed E-state index contributed by atoms with van der Waals surface area (Å²) in [6.07, 6.45) is 0.0172. The Hall–Kier alpha value is -0.900. The Balaban J connectivity index is 2.68. The molecule has 1 aliphatic heterocycles. The molecule has 0 aliphatic carbocycles. The fourth-order valence-electron chi connectivity index (χ4n) is 0.988. The largest absolute Gasteiger partial charge is 0.316 e. The molecule has 0 spiro atoms. The first-order chi connectivity index (χ1) is 5.20. The molecule has 0 aromatic carbocycles. The van der Waals surface area contributed by atoms with Gasteiger partial charge in [-0.05, 0) is 13.3 Å². The second kappa shape index (κ2) is 3.00. The molecule has 1 saturated heterocycles. The zero-order chi connectivity index (χ0) is 8.43. The summed E-state index contributed by atoms with van der Waals surface area (Å²) >= 11 is 0. The topological polar surface area (TPSA) is 46.6 Å². The summed E-state index contributed by atoms with van der Waals surface area (Å²) < 4.78 is 0. The maximum absolute atomic E-state index is 11.0. The zero-order valence-electron chi connectivity index (χ0n) is 6.66. The van der Waals surface area contributed by atoms with Crippen molar-refractivity contribution in [3.8, 4) is 0 Å². The molecule has 4 nitrogen and oxygen atoms in total. The van der Waals surface area contributed by atoms with E-state index in [9.17, 15) is 9.59 Å². The number of carbonyl (C=O) groups is 2. The molecule has 0 aromatic heterocycles. The minimum atomic E-state index is -0.539. The smallest absolute Gasteiger partial charge is 0.286 e. The van der Waals surface area contributed by atoms with Gasteiger partial charge in [-0.1, -0.05) is 6.92 Å². The summed E-state index contributed by atoms with van der Waals surface area (Å²) in [6, 6.07) is 0. The maximum Gasteiger partial charge on any atom is 0.316 e. The Kier molecular flexibility index (Phi) is 2.24. The van der Waals surface area contributed by atoms with Gasteiger partial charge >= 0.3 is 5.91 Å². The summed E-state index contributed by atoms with van der Waals surface area (Å²) in [7, 11) is 0.